The highest BCUT2D eigenvalue weighted by Gasteiger charge is 2.42. The molecule has 0 saturated carbocycles. The van der Waals surface area contributed by atoms with E-state index in [4.69, 9.17) is 9.47 Å². The average Bonchev–Trinajstić information content (AvgIpc) is 3.04. The monoisotopic (exact) mass is 289 g/mol. The highest BCUT2D eigenvalue weighted by Crippen LogP contribution is 2.33. The predicted octanol–water partition coefficient (Wildman–Crippen LogP) is 2.07. The fraction of sp³-hybridized carbons (Fsp3) is 0.500. The lowest BCUT2D eigenvalue weighted by atomic mass is 9.99. The highest BCUT2D eigenvalue weighted by molar-refractivity contribution is 6.21. The first kappa shape index (κ1) is 14.2. The quantitative estimate of drug-likeness (QED) is 0.796. The van der Waals surface area contributed by atoms with E-state index in [-0.39, 0.29) is 17.7 Å². The van der Waals surface area contributed by atoms with Crippen molar-refractivity contribution in [3.05, 3.63) is 35.4 Å². The Kier molecular flexibility index (Phi) is 3.55. The Balaban J connectivity index is 1.75. The van der Waals surface area contributed by atoms with Crippen molar-refractivity contribution in [2.24, 2.45) is 5.92 Å². The van der Waals surface area contributed by atoms with E-state index >= 15 is 0 Å². The third-order valence-corrected chi connectivity index (χ3v) is 4.22. The zero-order valence-electron chi connectivity index (χ0n) is 12.3. The molecule has 0 atom stereocenters. The summed E-state index contributed by atoms with van der Waals surface area (Å²) in [5.41, 5.74) is 0.962. The van der Waals surface area contributed by atoms with E-state index in [2.05, 4.69) is 0 Å². The zero-order valence-corrected chi connectivity index (χ0v) is 12.3. The van der Waals surface area contributed by atoms with Crippen LogP contribution in [0.1, 0.15) is 41.0 Å². The van der Waals surface area contributed by atoms with E-state index in [1.807, 2.05) is 13.8 Å². The first-order valence-electron chi connectivity index (χ1n) is 7.28. The van der Waals surface area contributed by atoms with Crippen LogP contribution in [0.4, 0.5) is 0 Å². The average molecular weight is 289 g/mol. The van der Waals surface area contributed by atoms with Crippen LogP contribution in [0.2, 0.25) is 0 Å². The van der Waals surface area contributed by atoms with Crippen LogP contribution in [0, 0.1) is 5.92 Å². The number of ether oxygens (including phenoxy) is 2. The van der Waals surface area contributed by atoms with Gasteiger partial charge in [0.15, 0.2) is 5.79 Å². The van der Waals surface area contributed by atoms with Gasteiger partial charge in [-0.3, -0.25) is 14.5 Å². The molecule has 0 spiro atoms. The second-order valence-corrected chi connectivity index (χ2v) is 5.72. The van der Waals surface area contributed by atoms with Gasteiger partial charge in [-0.1, -0.05) is 26.0 Å². The fourth-order valence-corrected chi connectivity index (χ4v) is 2.95. The van der Waals surface area contributed by atoms with Crippen LogP contribution in [0.3, 0.4) is 0 Å². The zero-order chi connectivity index (χ0) is 15.0. The van der Waals surface area contributed by atoms with E-state index in [1.54, 1.807) is 24.3 Å². The largest absolute Gasteiger partial charge is 0.347 e. The molecule has 112 valence electrons. The van der Waals surface area contributed by atoms with Crippen molar-refractivity contribution in [3.8, 4) is 0 Å². The summed E-state index contributed by atoms with van der Waals surface area (Å²) in [5, 5.41) is 0. The second-order valence-electron chi connectivity index (χ2n) is 5.72. The topological polar surface area (TPSA) is 55.8 Å². The number of fused-ring (bicyclic) bond motifs is 1. The fourth-order valence-electron chi connectivity index (χ4n) is 2.95. The second kappa shape index (κ2) is 5.24. The summed E-state index contributed by atoms with van der Waals surface area (Å²) in [6, 6.07) is 6.92. The SMILES string of the molecule is CC(C)C1(CCN2C(=O)c3ccccc3C2=O)OCCO1. The van der Waals surface area contributed by atoms with Crippen LogP contribution in [-0.2, 0) is 9.47 Å². The van der Waals surface area contributed by atoms with Gasteiger partial charge >= 0.3 is 0 Å². The summed E-state index contributed by atoms with van der Waals surface area (Å²) >= 11 is 0. The van der Waals surface area contributed by atoms with Gasteiger partial charge in [-0.15, -0.1) is 0 Å². The van der Waals surface area contributed by atoms with Gasteiger partial charge in [0, 0.05) is 18.9 Å². The molecular weight excluding hydrogens is 270 g/mol. The van der Waals surface area contributed by atoms with Crippen LogP contribution in [0.15, 0.2) is 24.3 Å². The van der Waals surface area contributed by atoms with Gasteiger partial charge in [-0.2, -0.15) is 0 Å². The van der Waals surface area contributed by atoms with E-state index in [0.717, 1.165) is 0 Å². The Labute approximate surface area is 123 Å². The number of benzene rings is 1. The number of imide groups is 1. The van der Waals surface area contributed by atoms with Crippen molar-refractivity contribution in [1.82, 2.24) is 4.90 Å². The van der Waals surface area contributed by atoms with Crippen LogP contribution >= 0.6 is 0 Å². The molecule has 0 bridgehead atoms. The molecule has 1 fully saturated rings. The number of amides is 2. The van der Waals surface area contributed by atoms with Crippen LogP contribution in [0.25, 0.3) is 0 Å². The van der Waals surface area contributed by atoms with Crippen molar-refractivity contribution >= 4 is 11.8 Å². The van der Waals surface area contributed by atoms with Gasteiger partial charge in [-0.05, 0) is 12.1 Å². The molecule has 5 nitrogen and oxygen atoms in total. The molecule has 2 aliphatic rings. The van der Waals surface area contributed by atoms with E-state index in [0.29, 0.717) is 37.3 Å². The van der Waals surface area contributed by atoms with Crippen LogP contribution < -0.4 is 0 Å². The lowest BCUT2D eigenvalue weighted by Gasteiger charge is -2.32. The first-order chi connectivity index (χ1) is 10.1. The molecule has 1 aromatic rings. The maximum absolute atomic E-state index is 12.3. The maximum atomic E-state index is 12.3. The lowest BCUT2D eigenvalue weighted by molar-refractivity contribution is -0.192. The molecule has 21 heavy (non-hydrogen) atoms. The van der Waals surface area contributed by atoms with Crippen LogP contribution in [-0.4, -0.2) is 42.3 Å². The molecule has 2 heterocycles. The van der Waals surface area contributed by atoms with Crippen molar-refractivity contribution in [1.29, 1.82) is 0 Å². The third-order valence-electron chi connectivity index (χ3n) is 4.22. The molecule has 2 amide bonds. The molecule has 1 saturated heterocycles. The summed E-state index contributed by atoms with van der Waals surface area (Å²) in [6.45, 7) is 5.46. The van der Waals surface area contributed by atoms with Crippen molar-refractivity contribution in [2.75, 3.05) is 19.8 Å². The molecule has 2 aliphatic heterocycles. The molecule has 5 heteroatoms. The van der Waals surface area contributed by atoms with E-state index < -0.39 is 5.79 Å². The Morgan fingerprint density at radius 1 is 1.10 bits per heavy atom. The Hall–Kier alpha value is -1.72. The number of rotatable bonds is 4. The molecular formula is C16H19NO4. The van der Waals surface area contributed by atoms with E-state index in [1.165, 1.54) is 4.90 Å². The predicted molar refractivity (Wildman–Crippen MR) is 75.9 cm³/mol. The lowest BCUT2D eigenvalue weighted by Crippen LogP contribution is -2.42. The van der Waals surface area contributed by atoms with Crippen molar-refractivity contribution in [3.63, 3.8) is 0 Å². The number of nitrogens with zero attached hydrogens (tertiary/aromatic N) is 1. The summed E-state index contributed by atoms with van der Waals surface area (Å²) in [5.74, 6) is -0.981. The number of hydrogen-bond acceptors (Lipinski definition) is 4. The normalized spacial score (nSPS) is 20.4. The summed E-state index contributed by atoms with van der Waals surface area (Å²) in [7, 11) is 0. The van der Waals surface area contributed by atoms with Gasteiger partial charge in [-0.25, -0.2) is 0 Å². The van der Waals surface area contributed by atoms with Gasteiger partial charge in [0.25, 0.3) is 11.8 Å². The molecule has 0 aromatic heterocycles. The Morgan fingerprint density at radius 3 is 2.10 bits per heavy atom. The number of carbonyl (C=O) groups is 2. The summed E-state index contributed by atoms with van der Waals surface area (Å²) < 4.78 is 11.5. The molecule has 0 unspecified atom stereocenters. The van der Waals surface area contributed by atoms with Gasteiger partial charge < -0.3 is 9.47 Å². The standard InChI is InChI=1S/C16H19NO4/c1-11(2)16(20-9-10-21-16)7-8-17-14(18)12-5-3-4-6-13(12)15(17)19/h3-6,11H,7-10H2,1-2H3. The minimum absolute atomic E-state index is 0.162. The Bertz CT molecular complexity index is 540. The summed E-state index contributed by atoms with van der Waals surface area (Å²) in [4.78, 5) is 25.9. The molecule has 1 aromatic carbocycles. The first-order valence-corrected chi connectivity index (χ1v) is 7.28. The maximum Gasteiger partial charge on any atom is 0.261 e. The molecule has 0 N–H and O–H groups in total. The van der Waals surface area contributed by atoms with Crippen LogP contribution in [0.5, 0.6) is 0 Å². The van der Waals surface area contributed by atoms with E-state index in [9.17, 15) is 9.59 Å². The van der Waals surface area contributed by atoms with Gasteiger partial charge in [0.1, 0.15) is 0 Å². The molecule has 3 rings (SSSR count). The van der Waals surface area contributed by atoms with Gasteiger partial charge in [0.2, 0.25) is 0 Å². The molecule has 0 aliphatic carbocycles. The van der Waals surface area contributed by atoms with Crippen molar-refractivity contribution < 1.29 is 19.1 Å². The third kappa shape index (κ3) is 2.26. The Morgan fingerprint density at radius 2 is 1.62 bits per heavy atom. The minimum Gasteiger partial charge on any atom is -0.347 e. The van der Waals surface area contributed by atoms with Gasteiger partial charge in [0.05, 0.1) is 24.3 Å². The minimum atomic E-state index is -0.685. The summed E-state index contributed by atoms with van der Waals surface area (Å²) in [6.07, 6.45) is 0.496. The highest BCUT2D eigenvalue weighted by atomic mass is 16.7. The van der Waals surface area contributed by atoms with Crippen molar-refractivity contribution in [2.45, 2.75) is 26.1 Å². The molecule has 0 radical (unpaired) electrons. The smallest absolute Gasteiger partial charge is 0.261 e. The number of carbonyl (C=O) groups excluding carboxylic acids is 2. The number of hydrogen-bond donors (Lipinski definition) is 0.